The van der Waals surface area contributed by atoms with Crippen molar-refractivity contribution in [1.29, 1.82) is 0 Å². The van der Waals surface area contributed by atoms with E-state index in [1.165, 1.54) is 10.6 Å². The average molecular weight is 599 g/mol. The molecule has 0 spiro atoms. The number of aromatic nitrogens is 2. The highest BCUT2D eigenvalue weighted by Crippen LogP contribution is 2.35. The van der Waals surface area contributed by atoms with Gasteiger partial charge in [0.15, 0.2) is 18.4 Å². The van der Waals surface area contributed by atoms with Gasteiger partial charge in [-0.2, -0.15) is 0 Å². The summed E-state index contributed by atoms with van der Waals surface area (Å²) in [5.74, 6) is -2.17. The summed E-state index contributed by atoms with van der Waals surface area (Å²) in [6.07, 6.45) is -4.31. The summed E-state index contributed by atoms with van der Waals surface area (Å²) in [4.78, 5) is 67.1. The van der Waals surface area contributed by atoms with Gasteiger partial charge >= 0.3 is 23.6 Å². The van der Waals surface area contributed by atoms with Crippen LogP contribution in [0.25, 0.3) is 0 Å². The second-order valence-corrected chi connectivity index (χ2v) is 10.1. The van der Waals surface area contributed by atoms with Crippen molar-refractivity contribution < 1.29 is 33.3 Å². The second-order valence-electron chi connectivity index (χ2n) is 10.1. The van der Waals surface area contributed by atoms with E-state index in [4.69, 9.17) is 18.9 Å². The maximum Gasteiger partial charge on any atom is 0.338 e. The lowest BCUT2D eigenvalue weighted by atomic mass is 10.1. The molecule has 5 rings (SSSR count). The Bertz CT molecular complexity index is 1720. The van der Waals surface area contributed by atoms with E-state index < -0.39 is 60.3 Å². The smallest absolute Gasteiger partial charge is 0.338 e. The first-order valence-electron chi connectivity index (χ1n) is 14.1. The third kappa shape index (κ3) is 6.84. The number of aryl methyl sites for hydroxylation is 1. The Hall–Kier alpha value is -5.29. The molecular weight excluding hydrogens is 568 g/mol. The number of nitrogens with one attached hydrogen (secondary N) is 1. The van der Waals surface area contributed by atoms with Crippen molar-refractivity contribution in [3.05, 3.63) is 140 Å². The van der Waals surface area contributed by atoms with Crippen molar-refractivity contribution in [3.63, 3.8) is 0 Å². The van der Waals surface area contributed by atoms with Crippen molar-refractivity contribution in [2.45, 2.75) is 44.3 Å². The molecule has 0 unspecified atom stereocenters. The van der Waals surface area contributed by atoms with E-state index in [1.807, 2.05) is 6.92 Å². The number of hydrogen-bond acceptors (Lipinski definition) is 9. The molecular formula is C33H30N2O9. The van der Waals surface area contributed by atoms with Gasteiger partial charge in [-0.15, -0.1) is 0 Å². The van der Waals surface area contributed by atoms with Gasteiger partial charge in [0.25, 0.3) is 5.56 Å². The van der Waals surface area contributed by atoms with Crippen LogP contribution in [0.15, 0.2) is 107 Å². The Morgan fingerprint density at radius 1 is 0.750 bits per heavy atom. The minimum atomic E-state index is -1.38. The predicted octanol–water partition coefficient (Wildman–Crippen LogP) is 3.69. The van der Waals surface area contributed by atoms with E-state index in [9.17, 15) is 24.0 Å². The monoisotopic (exact) mass is 598 g/mol. The lowest BCUT2D eigenvalue weighted by molar-refractivity contribution is -0.0651. The summed E-state index contributed by atoms with van der Waals surface area (Å²) in [5, 5.41) is 0. The molecule has 11 nitrogen and oxygen atoms in total. The van der Waals surface area contributed by atoms with Gasteiger partial charge in [-0.3, -0.25) is 14.3 Å². The van der Waals surface area contributed by atoms with Crippen LogP contribution in [0.4, 0.5) is 0 Å². The molecule has 1 saturated heterocycles. The van der Waals surface area contributed by atoms with Gasteiger partial charge in [0.2, 0.25) is 0 Å². The summed E-state index contributed by atoms with van der Waals surface area (Å²) < 4.78 is 24.8. The fourth-order valence-electron chi connectivity index (χ4n) is 4.95. The van der Waals surface area contributed by atoms with Gasteiger partial charge in [-0.05, 0) is 42.8 Å². The van der Waals surface area contributed by atoms with Gasteiger partial charge in [0.05, 0.1) is 16.7 Å². The van der Waals surface area contributed by atoms with Gasteiger partial charge < -0.3 is 18.9 Å². The molecule has 226 valence electrons. The van der Waals surface area contributed by atoms with Crippen molar-refractivity contribution in [3.8, 4) is 0 Å². The number of benzene rings is 3. The zero-order chi connectivity index (χ0) is 31.1. The number of H-pyrrole nitrogens is 1. The molecule has 44 heavy (non-hydrogen) atoms. The Kier molecular flexibility index (Phi) is 9.46. The van der Waals surface area contributed by atoms with Crippen molar-refractivity contribution in [2.75, 3.05) is 6.61 Å². The van der Waals surface area contributed by atoms with Crippen LogP contribution in [0, 0.1) is 0 Å². The highest BCUT2D eigenvalue weighted by Gasteiger charge is 2.52. The standard InChI is InChI=1S/C33H30N2O9/c1-2-12-24-19-26(36)34-33(40)35(24)29-28(44-32(39)23-17-10-5-11-18-23)27(43-31(38)22-15-8-4-9-16-22)25(42-29)20-41-30(37)21-13-6-3-7-14-21/h3-11,13-19,25,27-29H,2,12,20H2,1H3,(H,34,36,40)/t25-,27-,28-,29-/m1/s1. The zero-order valence-corrected chi connectivity index (χ0v) is 23.8. The van der Waals surface area contributed by atoms with Crippen molar-refractivity contribution in [1.82, 2.24) is 9.55 Å². The normalized spacial score (nSPS) is 19.2. The van der Waals surface area contributed by atoms with Gasteiger partial charge in [0.1, 0.15) is 12.7 Å². The van der Waals surface area contributed by atoms with E-state index in [2.05, 4.69) is 4.98 Å². The molecule has 1 aliphatic heterocycles. The van der Waals surface area contributed by atoms with Gasteiger partial charge in [-0.1, -0.05) is 67.9 Å². The Labute approximate surface area is 252 Å². The molecule has 1 fully saturated rings. The largest absolute Gasteiger partial charge is 0.459 e. The van der Waals surface area contributed by atoms with Crippen LogP contribution in [0.1, 0.15) is 56.3 Å². The number of ether oxygens (including phenoxy) is 4. The maximum absolute atomic E-state index is 13.3. The topological polar surface area (TPSA) is 143 Å². The highest BCUT2D eigenvalue weighted by atomic mass is 16.7. The number of rotatable bonds is 10. The number of aromatic amines is 1. The second kappa shape index (κ2) is 13.8. The first-order valence-corrected chi connectivity index (χ1v) is 14.1. The first-order chi connectivity index (χ1) is 21.4. The molecule has 1 N–H and O–H groups in total. The fourth-order valence-corrected chi connectivity index (χ4v) is 4.95. The lowest BCUT2D eigenvalue weighted by Crippen LogP contribution is -2.44. The van der Waals surface area contributed by atoms with E-state index in [0.29, 0.717) is 18.5 Å². The molecule has 4 atom stereocenters. The lowest BCUT2D eigenvalue weighted by Gasteiger charge is -2.26. The quantitative estimate of drug-likeness (QED) is 0.214. The number of hydrogen-bond donors (Lipinski definition) is 1. The Balaban J connectivity index is 1.55. The van der Waals surface area contributed by atoms with E-state index in [1.54, 1.807) is 91.0 Å². The molecule has 2 heterocycles. The Morgan fingerprint density at radius 2 is 1.25 bits per heavy atom. The minimum absolute atomic E-state index is 0.209. The highest BCUT2D eigenvalue weighted by molar-refractivity contribution is 5.91. The summed E-state index contributed by atoms with van der Waals surface area (Å²) in [6, 6.07) is 25.8. The molecule has 0 aliphatic carbocycles. The third-order valence-electron chi connectivity index (χ3n) is 7.00. The van der Waals surface area contributed by atoms with Gasteiger partial charge in [0, 0.05) is 11.8 Å². The minimum Gasteiger partial charge on any atom is -0.459 e. The molecule has 4 aromatic rings. The summed E-state index contributed by atoms with van der Waals surface area (Å²) in [6.45, 7) is 1.46. The average Bonchev–Trinajstić information content (AvgIpc) is 3.36. The van der Waals surface area contributed by atoms with E-state index >= 15 is 0 Å². The summed E-state index contributed by atoms with van der Waals surface area (Å²) >= 11 is 0. The van der Waals surface area contributed by atoms with Crippen LogP contribution in [-0.4, -0.2) is 52.4 Å². The fraction of sp³-hybridized carbons (Fsp3) is 0.242. The number of carbonyl (C=O) groups excluding carboxylic acids is 3. The van der Waals surface area contributed by atoms with E-state index in [-0.39, 0.29) is 16.7 Å². The predicted molar refractivity (Wildman–Crippen MR) is 157 cm³/mol. The molecule has 3 aromatic carbocycles. The molecule has 1 aliphatic rings. The maximum atomic E-state index is 13.3. The van der Waals surface area contributed by atoms with Crippen LogP contribution >= 0.6 is 0 Å². The van der Waals surface area contributed by atoms with Crippen LogP contribution in [0.3, 0.4) is 0 Å². The molecule has 0 radical (unpaired) electrons. The number of carbonyl (C=O) groups is 3. The molecule has 0 amide bonds. The van der Waals surface area contributed by atoms with Gasteiger partial charge in [-0.25, -0.2) is 19.2 Å². The third-order valence-corrected chi connectivity index (χ3v) is 7.00. The summed E-state index contributed by atoms with van der Waals surface area (Å²) in [7, 11) is 0. The van der Waals surface area contributed by atoms with Crippen LogP contribution in [0.5, 0.6) is 0 Å². The molecule has 1 aromatic heterocycles. The molecule has 0 bridgehead atoms. The van der Waals surface area contributed by atoms with E-state index in [0.717, 1.165) is 0 Å². The van der Waals surface area contributed by atoms with Crippen molar-refractivity contribution >= 4 is 17.9 Å². The van der Waals surface area contributed by atoms with Crippen molar-refractivity contribution in [2.24, 2.45) is 0 Å². The molecule has 11 heteroatoms. The van der Waals surface area contributed by atoms with Crippen LogP contribution in [0.2, 0.25) is 0 Å². The number of nitrogens with zero attached hydrogens (tertiary/aromatic N) is 1. The Morgan fingerprint density at radius 3 is 1.77 bits per heavy atom. The SMILES string of the molecule is CCCc1cc(=O)[nH]c(=O)n1[C@@H]1O[C@H](COC(=O)c2ccccc2)[C@@H](OC(=O)c2ccccc2)[C@H]1OC(=O)c1ccccc1. The summed E-state index contributed by atoms with van der Waals surface area (Å²) in [5.41, 5.74) is -0.373. The molecule has 0 saturated carbocycles. The number of esters is 3. The zero-order valence-electron chi connectivity index (χ0n) is 23.8. The van der Waals surface area contributed by atoms with Crippen LogP contribution in [-0.2, 0) is 25.4 Å². The first kappa shape index (κ1) is 30.2. The van der Waals surface area contributed by atoms with Crippen LogP contribution < -0.4 is 11.2 Å².